The van der Waals surface area contributed by atoms with Gasteiger partial charge in [0.15, 0.2) is 5.78 Å². The Hall–Kier alpha value is -2.35. The fourth-order valence-corrected chi connectivity index (χ4v) is 2.10. The third-order valence-electron chi connectivity index (χ3n) is 3.51. The maximum Gasteiger partial charge on any atom is 0.187 e. The number of carbonyl (C=O) groups excluding carboxylic acids is 1. The highest BCUT2D eigenvalue weighted by Gasteiger charge is 2.01. The van der Waals surface area contributed by atoms with E-state index in [0.717, 1.165) is 17.7 Å². The van der Waals surface area contributed by atoms with Gasteiger partial charge in [0.1, 0.15) is 0 Å². The van der Waals surface area contributed by atoms with Crippen LogP contribution in [-0.4, -0.2) is 5.78 Å². The largest absolute Gasteiger partial charge is 0.361 e. The molecular formula is C19H21NO. The lowest BCUT2D eigenvalue weighted by atomic mass is 10.1. The minimum absolute atomic E-state index is 0.00968. The zero-order valence-corrected chi connectivity index (χ0v) is 12.8. The molecular weight excluding hydrogens is 258 g/mol. The van der Waals surface area contributed by atoms with Crippen molar-refractivity contribution in [1.82, 2.24) is 0 Å². The second-order valence-corrected chi connectivity index (χ2v) is 5.21. The molecule has 0 aliphatic rings. The van der Waals surface area contributed by atoms with Crippen molar-refractivity contribution in [3.05, 3.63) is 77.0 Å². The quantitative estimate of drug-likeness (QED) is 0.636. The van der Waals surface area contributed by atoms with E-state index in [9.17, 15) is 4.79 Å². The van der Waals surface area contributed by atoms with Crippen LogP contribution in [0, 0.1) is 13.8 Å². The molecule has 0 saturated heterocycles. The Balaban J connectivity index is 2.03. The van der Waals surface area contributed by atoms with E-state index in [1.54, 1.807) is 12.3 Å². The van der Waals surface area contributed by atoms with Crippen LogP contribution in [0.25, 0.3) is 0 Å². The molecule has 0 bridgehead atoms. The number of hydrogen-bond acceptors (Lipinski definition) is 2. The van der Waals surface area contributed by atoms with Crippen molar-refractivity contribution in [1.29, 1.82) is 0 Å². The van der Waals surface area contributed by atoms with Crippen LogP contribution in [-0.2, 0) is 6.42 Å². The van der Waals surface area contributed by atoms with Gasteiger partial charge in [-0.2, -0.15) is 0 Å². The summed E-state index contributed by atoms with van der Waals surface area (Å²) in [4.78, 5) is 12.1. The number of anilines is 1. The van der Waals surface area contributed by atoms with E-state index in [1.807, 2.05) is 31.2 Å². The molecule has 0 heterocycles. The fourth-order valence-electron chi connectivity index (χ4n) is 2.10. The Morgan fingerprint density at radius 2 is 1.81 bits per heavy atom. The van der Waals surface area contributed by atoms with E-state index in [-0.39, 0.29) is 5.78 Å². The number of nitrogens with one attached hydrogen (secondary N) is 1. The van der Waals surface area contributed by atoms with Crippen molar-refractivity contribution in [2.45, 2.75) is 27.2 Å². The summed E-state index contributed by atoms with van der Waals surface area (Å²) in [7, 11) is 0. The number of ketones is 1. The Morgan fingerprint density at radius 3 is 2.48 bits per heavy atom. The van der Waals surface area contributed by atoms with Crippen molar-refractivity contribution >= 4 is 11.5 Å². The van der Waals surface area contributed by atoms with Gasteiger partial charge in [0, 0.05) is 23.5 Å². The molecule has 2 heteroatoms. The first-order valence-corrected chi connectivity index (χ1v) is 7.23. The van der Waals surface area contributed by atoms with Gasteiger partial charge in [0.2, 0.25) is 0 Å². The molecule has 2 nitrogen and oxygen atoms in total. The molecule has 21 heavy (non-hydrogen) atoms. The van der Waals surface area contributed by atoms with Crippen molar-refractivity contribution in [3.63, 3.8) is 0 Å². The predicted molar refractivity (Wildman–Crippen MR) is 88.8 cm³/mol. The summed E-state index contributed by atoms with van der Waals surface area (Å²) in [5.41, 5.74) is 5.33. The zero-order chi connectivity index (χ0) is 15.2. The first-order chi connectivity index (χ1) is 10.1. The van der Waals surface area contributed by atoms with Crippen LogP contribution >= 0.6 is 0 Å². The number of aryl methyl sites for hydroxylation is 3. The fraction of sp³-hybridized carbons (Fsp3) is 0.211. The minimum Gasteiger partial charge on any atom is -0.361 e. The zero-order valence-electron chi connectivity index (χ0n) is 12.8. The third-order valence-corrected chi connectivity index (χ3v) is 3.51. The van der Waals surface area contributed by atoms with Gasteiger partial charge in [-0.3, -0.25) is 4.79 Å². The summed E-state index contributed by atoms with van der Waals surface area (Å²) in [6, 6.07) is 14.0. The van der Waals surface area contributed by atoms with Crippen LogP contribution in [0.15, 0.2) is 54.7 Å². The lowest BCUT2D eigenvalue weighted by molar-refractivity contribution is 0.104. The Bertz CT molecular complexity index is 654. The number of rotatable bonds is 5. The van der Waals surface area contributed by atoms with E-state index in [0.29, 0.717) is 5.56 Å². The minimum atomic E-state index is 0.00968. The first-order valence-electron chi connectivity index (χ1n) is 7.23. The maximum absolute atomic E-state index is 12.1. The molecule has 108 valence electrons. The molecule has 2 aromatic carbocycles. The van der Waals surface area contributed by atoms with Crippen LogP contribution in [0.4, 0.5) is 5.69 Å². The third kappa shape index (κ3) is 4.06. The molecule has 0 fully saturated rings. The average Bonchev–Trinajstić information content (AvgIpc) is 2.50. The predicted octanol–water partition coefficient (Wildman–Crippen LogP) is 4.67. The van der Waals surface area contributed by atoms with Crippen molar-refractivity contribution < 1.29 is 4.79 Å². The van der Waals surface area contributed by atoms with Crippen LogP contribution in [0.3, 0.4) is 0 Å². The van der Waals surface area contributed by atoms with E-state index >= 15 is 0 Å². The second-order valence-electron chi connectivity index (χ2n) is 5.21. The Kier molecular flexibility index (Phi) is 4.94. The molecule has 0 atom stereocenters. The van der Waals surface area contributed by atoms with Gasteiger partial charge >= 0.3 is 0 Å². The molecule has 0 radical (unpaired) electrons. The van der Waals surface area contributed by atoms with Crippen molar-refractivity contribution in [3.8, 4) is 0 Å². The molecule has 1 N–H and O–H groups in total. The molecule has 2 aromatic rings. The van der Waals surface area contributed by atoms with Crippen molar-refractivity contribution in [2.24, 2.45) is 0 Å². The summed E-state index contributed by atoms with van der Waals surface area (Å²) < 4.78 is 0. The summed E-state index contributed by atoms with van der Waals surface area (Å²) in [5.74, 6) is 0.00968. The number of hydrogen-bond donors (Lipinski definition) is 1. The first kappa shape index (κ1) is 15.0. The normalized spacial score (nSPS) is 10.8. The molecule has 0 saturated carbocycles. The second kappa shape index (κ2) is 6.89. The lowest BCUT2D eigenvalue weighted by Crippen LogP contribution is -1.97. The molecule has 0 amide bonds. The monoisotopic (exact) mass is 279 g/mol. The Morgan fingerprint density at radius 1 is 1.10 bits per heavy atom. The number of benzene rings is 2. The molecule has 2 rings (SSSR count). The standard InChI is InChI=1S/C19H21NO/c1-4-16-7-9-17(10-8-16)19(21)11-12-20-18-13-14(2)5-6-15(18)3/h5-13,20H,4H2,1-3H3/b12-11+. The Labute approximate surface area is 126 Å². The number of carbonyl (C=O) groups is 1. The number of allylic oxidation sites excluding steroid dienone is 1. The summed E-state index contributed by atoms with van der Waals surface area (Å²) in [5, 5.41) is 3.18. The molecule has 0 aliphatic heterocycles. The van der Waals surface area contributed by atoms with Crippen LogP contribution in [0.1, 0.15) is 34.0 Å². The van der Waals surface area contributed by atoms with E-state index in [4.69, 9.17) is 0 Å². The van der Waals surface area contributed by atoms with Crippen molar-refractivity contribution in [2.75, 3.05) is 5.32 Å². The summed E-state index contributed by atoms with van der Waals surface area (Å²) >= 11 is 0. The van der Waals surface area contributed by atoms with Gasteiger partial charge in [-0.15, -0.1) is 0 Å². The van der Waals surface area contributed by atoms with E-state index in [2.05, 4.69) is 37.4 Å². The smallest absolute Gasteiger partial charge is 0.187 e. The highest BCUT2D eigenvalue weighted by atomic mass is 16.1. The highest BCUT2D eigenvalue weighted by Crippen LogP contribution is 2.16. The van der Waals surface area contributed by atoms with Gasteiger partial charge in [0.05, 0.1) is 0 Å². The van der Waals surface area contributed by atoms with Crippen LogP contribution in [0.5, 0.6) is 0 Å². The topological polar surface area (TPSA) is 29.1 Å². The maximum atomic E-state index is 12.1. The molecule has 0 spiro atoms. The van der Waals surface area contributed by atoms with Gasteiger partial charge in [-0.25, -0.2) is 0 Å². The van der Waals surface area contributed by atoms with Gasteiger partial charge in [-0.1, -0.05) is 43.3 Å². The van der Waals surface area contributed by atoms with E-state index < -0.39 is 0 Å². The SMILES string of the molecule is CCc1ccc(C(=O)/C=C/Nc2cc(C)ccc2C)cc1. The van der Waals surface area contributed by atoms with Crippen LogP contribution < -0.4 is 5.32 Å². The van der Waals surface area contributed by atoms with E-state index in [1.165, 1.54) is 11.1 Å². The average molecular weight is 279 g/mol. The van der Waals surface area contributed by atoms with Gasteiger partial charge in [0.25, 0.3) is 0 Å². The summed E-state index contributed by atoms with van der Waals surface area (Å²) in [6.45, 7) is 6.19. The molecule has 0 aliphatic carbocycles. The molecule has 0 unspecified atom stereocenters. The lowest BCUT2D eigenvalue weighted by Gasteiger charge is -2.06. The summed E-state index contributed by atoms with van der Waals surface area (Å²) in [6.07, 6.45) is 4.26. The van der Waals surface area contributed by atoms with Crippen LogP contribution in [0.2, 0.25) is 0 Å². The van der Waals surface area contributed by atoms with Gasteiger partial charge in [-0.05, 0) is 43.0 Å². The van der Waals surface area contributed by atoms with Gasteiger partial charge < -0.3 is 5.32 Å². The molecule has 0 aromatic heterocycles. The highest BCUT2D eigenvalue weighted by molar-refractivity contribution is 6.04.